The van der Waals surface area contributed by atoms with Crippen LogP contribution in [-0.4, -0.2) is 24.2 Å². The molecule has 5 heteroatoms. The minimum absolute atomic E-state index is 0.332. The largest absolute Gasteiger partial charge is 0.481 e. The highest BCUT2D eigenvalue weighted by Gasteiger charge is 2.46. The van der Waals surface area contributed by atoms with Crippen LogP contribution >= 0.6 is 11.3 Å². The van der Waals surface area contributed by atoms with Gasteiger partial charge in [0.15, 0.2) is 0 Å². The fourth-order valence-corrected chi connectivity index (χ4v) is 3.18. The summed E-state index contributed by atoms with van der Waals surface area (Å²) in [4.78, 5) is 12.2. The first-order chi connectivity index (χ1) is 8.53. The van der Waals surface area contributed by atoms with Crippen molar-refractivity contribution < 1.29 is 14.6 Å². The molecule has 0 bridgehead atoms. The van der Waals surface area contributed by atoms with Crippen molar-refractivity contribution in [3.63, 3.8) is 0 Å². The maximum atomic E-state index is 11.0. The topological polar surface area (TPSA) is 58.6 Å². The molecule has 1 aromatic heterocycles. The number of carboxylic acid groups (broad SMARTS) is 1. The Morgan fingerprint density at radius 1 is 1.67 bits per heavy atom. The van der Waals surface area contributed by atoms with Gasteiger partial charge in [-0.2, -0.15) is 0 Å². The molecule has 1 fully saturated rings. The Kier molecular flexibility index (Phi) is 4.04. The minimum Gasteiger partial charge on any atom is -0.481 e. The summed E-state index contributed by atoms with van der Waals surface area (Å²) in [5.41, 5.74) is 0.678. The summed E-state index contributed by atoms with van der Waals surface area (Å²) >= 11 is 1.71. The molecule has 1 aliphatic rings. The fraction of sp³-hybridized carbons (Fsp3) is 0.615. The first-order valence-corrected chi connectivity index (χ1v) is 6.93. The average Bonchev–Trinajstić information content (AvgIpc) is 2.71. The van der Waals surface area contributed by atoms with Crippen LogP contribution in [0.4, 0.5) is 0 Å². The zero-order valence-electron chi connectivity index (χ0n) is 10.7. The number of methoxy groups -OCH3 is 1. The van der Waals surface area contributed by atoms with E-state index in [0.29, 0.717) is 12.6 Å². The summed E-state index contributed by atoms with van der Waals surface area (Å²) in [6.45, 7) is 3.28. The van der Waals surface area contributed by atoms with Crippen molar-refractivity contribution in [2.45, 2.75) is 39.0 Å². The standard InChI is InChI=1S/C13H19NO3S/c1-13(12(15)16)4-10(5-13)14-6-11-3-9(7-17-2)8-18-11/h3,8,10,14H,4-7H2,1-2H3,(H,15,16). The van der Waals surface area contributed by atoms with Crippen molar-refractivity contribution in [3.05, 3.63) is 21.9 Å². The number of carbonyl (C=O) groups is 1. The third kappa shape index (κ3) is 2.91. The molecule has 1 aliphatic carbocycles. The second kappa shape index (κ2) is 5.38. The SMILES string of the molecule is COCc1csc(CNC2CC(C)(C(=O)O)C2)c1. The number of hydrogen-bond donors (Lipinski definition) is 2. The van der Waals surface area contributed by atoms with Gasteiger partial charge in [0, 0.05) is 24.6 Å². The van der Waals surface area contributed by atoms with Gasteiger partial charge in [0.25, 0.3) is 0 Å². The normalized spacial score (nSPS) is 26.9. The fourth-order valence-electron chi connectivity index (χ4n) is 2.35. The Morgan fingerprint density at radius 3 is 3.00 bits per heavy atom. The van der Waals surface area contributed by atoms with Gasteiger partial charge in [0.1, 0.15) is 0 Å². The van der Waals surface area contributed by atoms with Crippen molar-refractivity contribution in [2.24, 2.45) is 5.41 Å². The molecule has 0 aliphatic heterocycles. The maximum Gasteiger partial charge on any atom is 0.309 e. The van der Waals surface area contributed by atoms with Gasteiger partial charge in [-0.05, 0) is 36.8 Å². The highest BCUT2D eigenvalue weighted by Crippen LogP contribution is 2.40. The molecule has 2 rings (SSSR count). The van der Waals surface area contributed by atoms with Crippen molar-refractivity contribution in [1.29, 1.82) is 0 Å². The van der Waals surface area contributed by atoms with E-state index in [1.165, 1.54) is 10.4 Å². The minimum atomic E-state index is -0.681. The lowest BCUT2D eigenvalue weighted by Crippen LogP contribution is -2.51. The second-order valence-electron chi connectivity index (χ2n) is 5.21. The van der Waals surface area contributed by atoms with Gasteiger partial charge in [0.05, 0.1) is 12.0 Å². The second-order valence-corrected chi connectivity index (χ2v) is 6.20. The van der Waals surface area contributed by atoms with E-state index in [1.54, 1.807) is 18.4 Å². The average molecular weight is 269 g/mol. The molecule has 18 heavy (non-hydrogen) atoms. The molecule has 0 spiro atoms. The number of carboxylic acids is 1. The van der Waals surface area contributed by atoms with Gasteiger partial charge in [-0.15, -0.1) is 11.3 Å². The van der Waals surface area contributed by atoms with E-state index in [0.717, 1.165) is 19.4 Å². The maximum absolute atomic E-state index is 11.0. The molecular weight excluding hydrogens is 250 g/mol. The van der Waals surface area contributed by atoms with E-state index in [2.05, 4.69) is 16.8 Å². The molecule has 0 atom stereocenters. The van der Waals surface area contributed by atoms with Gasteiger partial charge in [-0.3, -0.25) is 4.79 Å². The molecule has 0 aromatic carbocycles. The van der Waals surface area contributed by atoms with E-state index in [1.807, 2.05) is 6.92 Å². The molecule has 1 heterocycles. The number of aliphatic carboxylic acids is 1. The zero-order chi connectivity index (χ0) is 13.2. The van der Waals surface area contributed by atoms with Crippen molar-refractivity contribution in [3.8, 4) is 0 Å². The summed E-state index contributed by atoms with van der Waals surface area (Å²) in [5, 5.41) is 14.5. The van der Waals surface area contributed by atoms with Gasteiger partial charge < -0.3 is 15.2 Å². The molecule has 0 saturated heterocycles. The Labute approximate surface area is 111 Å². The Morgan fingerprint density at radius 2 is 2.39 bits per heavy atom. The molecule has 0 unspecified atom stereocenters. The van der Waals surface area contributed by atoms with Crippen LogP contribution in [0, 0.1) is 5.41 Å². The molecule has 100 valence electrons. The zero-order valence-corrected chi connectivity index (χ0v) is 11.5. The molecule has 4 nitrogen and oxygen atoms in total. The van der Waals surface area contributed by atoms with Crippen LogP contribution < -0.4 is 5.32 Å². The molecular formula is C13H19NO3S. The van der Waals surface area contributed by atoms with Crippen molar-refractivity contribution in [1.82, 2.24) is 5.32 Å². The van der Waals surface area contributed by atoms with Gasteiger partial charge in [-0.25, -0.2) is 0 Å². The number of nitrogens with one attached hydrogen (secondary N) is 1. The Balaban J connectivity index is 1.75. The van der Waals surface area contributed by atoms with Crippen LogP contribution in [0.15, 0.2) is 11.4 Å². The van der Waals surface area contributed by atoms with Gasteiger partial charge in [0.2, 0.25) is 0 Å². The number of hydrogen-bond acceptors (Lipinski definition) is 4. The smallest absolute Gasteiger partial charge is 0.309 e. The van der Waals surface area contributed by atoms with Crippen molar-refractivity contribution >= 4 is 17.3 Å². The summed E-state index contributed by atoms with van der Waals surface area (Å²) in [6, 6.07) is 2.47. The summed E-state index contributed by atoms with van der Waals surface area (Å²) in [6.07, 6.45) is 1.44. The Bertz CT molecular complexity index is 424. The Hall–Kier alpha value is -0.910. The van der Waals surface area contributed by atoms with Crippen LogP contribution in [0.3, 0.4) is 0 Å². The molecule has 1 aromatic rings. The predicted octanol–water partition coefficient (Wildman–Crippen LogP) is 2.24. The monoisotopic (exact) mass is 269 g/mol. The number of thiophene rings is 1. The van der Waals surface area contributed by atoms with Crippen LogP contribution in [-0.2, 0) is 22.7 Å². The number of ether oxygens (including phenoxy) is 1. The lowest BCUT2D eigenvalue weighted by atomic mass is 9.67. The third-order valence-electron chi connectivity index (χ3n) is 3.49. The molecule has 0 radical (unpaired) electrons. The summed E-state index contributed by atoms with van der Waals surface area (Å²) < 4.78 is 5.07. The number of rotatable bonds is 6. The highest BCUT2D eigenvalue weighted by atomic mass is 32.1. The lowest BCUT2D eigenvalue weighted by molar-refractivity contribution is -0.154. The first kappa shape index (κ1) is 13.5. The van der Waals surface area contributed by atoms with Crippen LogP contribution in [0.5, 0.6) is 0 Å². The summed E-state index contributed by atoms with van der Waals surface area (Å²) in [7, 11) is 1.69. The van der Waals surface area contributed by atoms with E-state index >= 15 is 0 Å². The van der Waals surface area contributed by atoms with Crippen LogP contribution in [0.1, 0.15) is 30.2 Å². The lowest BCUT2D eigenvalue weighted by Gasteiger charge is -2.42. The summed E-state index contributed by atoms with van der Waals surface area (Å²) in [5.74, 6) is -0.681. The third-order valence-corrected chi connectivity index (χ3v) is 4.48. The highest BCUT2D eigenvalue weighted by molar-refractivity contribution is 7.10. The van der Waals surface area contributed by atoms with Crippen molar-refractivity contribution in [2.75, 3.05) is 7.11 Å². The van der Waals surface area contributed by atoms with Crippen LogP contribution in [0.25, 0.3) is 0 Å². The van der Waals surface area contributed by atoms with E-state index < -0.39 is 11.4 Å². The van der Waals surface area contributed by atoms with Crippen LogP contribution in [0.2, 0.25) is 0 Å². The van der Waals surface area contributed by atoms with E-state index in [4.69, 9.17) is 9.84 Å². The first-order valence-electron chi connectivity index (χ1n) is 6.05. The van der Waals surface area contributed by atoms with Gasteiger partial charge in [-0.1, -0.05) is 0 Å². The van der Waals surface area contributed by atoms with E-state index in [9.17, 15) is 4.79 Å². The predicted molar refractivity (Wildman–Crippen MR) is 70.6 cm³/mol. The molecule has 1 saturated carbocycles. The van der Waals surface area contributed by atoms with Gasteiger partial charge >= 0.3 is 5.97 Å². The molecule has 0 amide bonds. The van der Waals surface area contributed by atoms with E-state index in [-0.39, 0.29) is 0 Å². The quantitative estimate of drug-likeness (QED) is 0.831. The molecule has 2 N–H and O–H groups in total.